The summed E-state index contributed by atoms with van der Waals surface area (Å²) in [6, 6.07) is 14.0. The van der Waals surface area contributed by atoms with Crippen molar-refractivity contribution in [1.82, 2.24) is 20.3 Å². The summed E-state index contributed by atoms with van der Waals surface area (Å²) in [5.41, 5.74) is 3.05. The summed E-state index contributed by atoms with van der Waals surface area (Å²) < 4.78 is 0. The Labute approximate surface area is 181 Å². The van der Waals surface area contributed by atoms with Gasteiger partial charge in [0.1, 0.15) is 5.82 Å². The van der Waals surface area contributed by atoms with Crippen molar-refractivity contribution in [3.63, 3.8) is 0 Å². The van der Waals surface area contributed by atoms with E-state index in [-0.39, 0.29) is 17.9 Å². The third kappa shape index (κ3) is 5.17. The van der Waals surface area contributed by atoms with Crippen molar-refractivity contribution in [2.75, 3.05) is 24.5 Å². The van der Waals surface area contributed by atoms with Crippen molar-refractivity contribution in [3.8, 4) is 11.4 Å². The van der Waals surface area contributed by atoms with Crippen LogP contribution in [0.25, 0.3) is 11.4 Å². The number of nitrogens with zero attached hydrogens (tertiary/aromatic N) is 3. The van der Waals surface area contributed by atoms with Crippen LogP contribution in [0.3, 0.4) is 0 Å². The molecule has 0 bridgehead atoms. The van der Waals surface area contributed by atoms with Crippen LogP contribution in [0.5, 0.6) is 0 Å². The van der Waals surface area contributed by atoms with Gasteiger partial charge in [0.25, 0.3) is 5.56 Å². The van der Waals surface area contributed by atoms with Gasteiger partial charge in [-0.3, -0.25) is 14.6 Å². The lowest BCUT2D eigenvalue weighted by molar-refractivity contribution is -0.121. The molecule has 0 unspecified atom stereocenters. The smallest absolute Gasteiger partial charge is 0.254 e. The summed E-state index contributed by atoms with van der Waals surface area (Å²) >= 11 is 0. The van der Waals surface area contributed by atoms with Crippen molar-refractivity contribution >= 4 is 11.6 Å². The Bertz CT molecular complexity index is 1080. The molecule has 0 aliphatic carbocycles. The average molecular weight is 418 g/mol. The molecule has 31 heavy (non-hydrogen) atoms. The van der Waals surface area contributed by atoms with Gasteiger partial charge < -0.3 is 15.2 Å². The molecule has 1 atom stereocenters. The molecule has 1 fully saturated rings. The van der Waals surface area contributed by atoms with Gasteiger partial charge in [0, 0.05) is 61.0 Å². The van der Waals surface area contributed by atoms with E-state index >= 15 is 0 Å². The van der Waals surface area contributed by atoms with Crippen LogP contribution < -0.4 is 15.8 Å². The third-order valence-corrected chi connectivity index (χ3v) is 5.77. The molecule has 7 heteroatoms. The van der Waals surface area contributed by atoms with Crippen LogP contribution in [-0.2, 0) is 11.2 Å². The quantitative estimate of drug-likeness (QED) is 0.617. The summed E-state index contributed by atoms with van der Waals surface area (Å²) in [5.74, 6) is 0.924. The fourth-order valence-electron chi connectivity index (χ4n) is 4.01. The van der Waals surface area contributed by atoms with E-state index in [1.807, 2.05) is 25.1 Å². The number of rotatable bonds is 7. The molecule has 1 aliphatic heterocycles. The molecular weight excluding hydrogens is 390 g/mol. The van der Waals surface area contributed by atoms with Crippen LogP contribution in [0.4, 0.5) is 5.69 Å². The molecule has 1 amide bonds. The number of amides is 1. The Hall–Kier alpha value is -3.48. The largest absolute Gasteiger partial charge is 0.371 e. The number of carbonyl (C=O) groups excluding carboxylic acids is 1. The lowest BCUT2D eigenvalue weighted by Gasteiger charge is -2.18. The van der Waals surface area contributed by atoms with Crippen LogP contribution in [0.15, 0.2) is 59.7 Å². The lowest BCUT2D eigenvalue weighted by Crippen LogP contribution is -2.31. The van der Waals surface area contributed by atoms with Gasteiger partial charge in [-0.15, -0.1) is 0 Å². The molecule has 0 spiro atoms. The number of para-hydroxylation sites is 1. The van der Waals surface area contributed by atoms with Gasteiger partial charge in [0.05, 0.1) is 0 Å². The maximum atomic E-state index is 12.5. The highest BCUT2D eigenvalue weighted by molar-refractivity contribution is 5.76. The van der Waals surface area contributed by atoms with Crippen LogP contribution >= 0.6 is 0 Å². The zero-order valence-electron chi connectivity index (χ0n) is 17.7. The minimum Gasteiger partial charge on any atom is -0.371 e. The fourth-order valence-corrected chi connectivity index (χ4v) is 4.01. The highest BCUT2D eigenvalue weighted by Crippen LogP contribution is 2.23. The number of nitrogens with one attached hydrogen (secondary N) is 2. The number of aromatic nitrogens is 3. The first-order valence-electron chi connectivity index (χ1n) is 10.7. The molecule has 1 aliphatic rings. The number of carbonyl (C=O) groups is 1. The summed E-state index contributed by atoms with van der Waals surface area (Å²) in [6.07, 6.45) is 5.03. The number of hydrogen-bond donors (Lipinski definition) is 2. The number of anilines is 1. The molecular formula is C24H27N5O2. The van der Waals surface area contributed by atoms with Crippen LogP contribution in [0.2, 0.25) is 0 Å². The molecule has 2 N–H and O–H groups in total. The normalized spacial score (nSPS) is 15.8. The SMILES string of the molecule is Cc1nc(-c2ccncc2)[nH]c(=O)c1CCC(=O)NC[C@H]1CCN(c2ccccc2)C1. The van der Waals surface area contributed by atoms with E-state index in [9.17, 15) is 9.59 Å². The van der Waals surface area contributed by atoms with Crippen LogP contribution in [0, 0.1) is 12.8 Å². The van der Waals surface area contributed by atoms with E-state index in [0.29, 0.717) is 36.0 Å². The van der Waals surface area contributed by atoms with E-state index in [0.717, 1.165) is 25.1 Å². The number of aryl methyl sites for hydroxylation is 1. The molecule has 0 radical (unpaired) electrons. The van der Waals surface area contributed by atoms with Gasteiger partial charge in [-0.25, -0.2) is 4.98 Å². The van der Waals surface area contributed by atoms with Crippen molar-refractivity contribution in [2.24, 2.45) is 5.92 Å². The first-order valence-corrected chi connectivity index (χ1v) is 10.7. The fraction of sp³-hybridized carbons (Fsp3) is 0.333. The van der Waals surface area contributed by atoms with Crippen LogP contribution in [-0.4, -0.2) is 40.5 Å². The molecule has 4 rings (SSSR count). The molecule has 2 aromatic heterocycles. The van der Waals surface area contributed by atoms with Crippen molar-refractivity contribution < 1.29 is 4.79 Å². The topological polar surface area (TPSA) is 91.0 Å². The Morgan fingerprint density at radius 1 is 1.19 bits per heavy atom. The number of aromatic amines is 1. The predicted molar refractivity (Wildman–Crippen MR) is 121 cm³/mol. The molecule has 1 aromatic carbocycles. The molecule has 160 valence electrons. The Balaban J connectivity index is 1.28. The van der Waals surface area contributed by atoms with Crippen molar-refractivity contribution in [3.05, 3.63) is 76.5 Å². The van der Waals surface area contributed by atoms with E-state index in [4.69, 9.17) is 0 Å². The second-order valence-electron chi connectivity index (χ2n) is 7.95. The Kier molecular flexibility index (Phi) is 6.40. The van der Waals surface area contributed by atoms with E-state index in [1.54, 1.807) is 24.5 Å². The van der Waals surface area contributed by atoms with E-state index < -0.39 is 0 Å². The van der Waals surface area contributed by atoms with Gasteiger partial charge in [0.2, 0.25) is 5.91 Å². The molecule has 1 saturated heterocycles. The Morgan fingerprint density at radius 2 is 1.97 bits per heavy atom. The molecule has 3 heterocycles. The molecule has 0 saturated carbocycles. The zero-order valence-corrected chi connectivity index (χ0v) is 17.7. The summed E-state index contributed by atoms with van der Waals surface area (Å²) in [5, 5.41) is 3.04. The number of H-pyrrole nitrogens is 1. The highest BCUT2D eigenvalue weighted by atomic mass is 16.1. The first-order chi connectivity index (χ1) is 15.1. The average Bonchev–Trinajstić information content (AvgIpc) is 3.27. The molecule has 3 aromatic rings. The van der Waals surface area contributed by atoms with E-state index in [2.05, 4.69) is 37.3 Å². The maximum Gasteiger partial charge on any atom is 0.254 e. The summed E-state index contributed by atoms with van der Waals surface area (Å²) in [4.78, 5) is 38.6. The number of benzene rings is 1. The third-order valence-electron chi connectivity index (χ3n) is 5.77. The predicted octanol–water partition coefficient (Wildman–Crippen LogP) is 2.72. The lowest BCUT2D eigenvalue weighted by atomic mass is 10.1. The standard InChI is InChI=1S/C24H27N5O2/c1-17-21(24(31)28-23(27-17)19-9-12-25-13-10-19)7-8-22(30)26-15-18-11-14-29(16-18)20-5-3-2-4-6-20/h2-6,9-10,12-13,18H,7-8,11,14-16H2,1H3,(H,26,30)(H,27,28,31)/t18-/m1/s1. The zero-order chi connectivity index (χ0) is 21.6. The van der Waals surface area contributed by atoms with Gasteiger partial charge in [-0.1, -0.05) is 18.2 Å². The molecule has 7 nitrogen and oxygen atoms in total. The Morgan fingerprint density at radius 3 is 2.71 bits per heavy atom. The first kappa shape index (κ1) is 20.8. The number of hydrogen-bond acceptors (Lipinski definition) is 5. The second kappa shape index (κ2) is 9.55. The maximum absolute atomic E-state index is 12.5. The minimum absolute atomic E-state index is 0.0322. The van der Waals surface area contributed by atoms with E-state index in [1.165, 1.54) is 5.69 Å². The van der Waals surface area contributed by atoms with Gasteiger partial charge in [-0.2, -0.15) is 0 Å². The highest BCUT2D eigenvalue weighted by Gasteiger charge is 2.23. The van der Waals surface area contributed by atoms with Gasteiger partial charge >= 0.3 is 0 Å². The minimum atomic E-state index is -0.193. The van der Waals surface area contributed by atoms with Crippen molar-refractivity contribution in [2.45, 2.75) is 26.2 Å². The summed E-state index contributed by atoms with van der Waals surface area (Å²) in [7, 11) is 0. The number of pyridine rings is 1. The second-order valence-corrected chi connectivity index (χ2v) is 7.95. The monoisotopic (exact) mass is 417 g/mol. The van der Waals surface area contributed by atoms with Gasteiger partial charge in [-0.05, 0) is 49.9 Å². The van der Waals surface area contributed by atoms with Gasteiger partial charge in [0.15, 0.2) is 0 Å². The van der Waals surface area contributed by atoms with Crippen LogP contribution in [0.1, 0.15) is 24.1 Å². The summed E-state index contributed by atoms with van der Waals surface area (Å²) in [6.45, 7) is 4.43. The van der Waals surface area contributed by atoms with Crippen molar-refractivity contribution in [1.29, 1.82) is 0 Å².